The highest BCUT2D eigenvalue weighted by molar-refractivity contribution is 5.78. The predicted molar refractivity (Wildman–Crippen MR) is 87.0 cm³/mol. The molecular weight excluding hydrogens is 279 g/mol. The summed E-state index contributed by atoms with van der Waals surface area (Å²) in [4.78, 5) is 16.6. The first kappa shape index (κ1) is 16.9. The first-order valence-corrected chi connectivity index (χ1v) is 8.19. The summed E-state index contributed by atoms with van der Waals surface area (Å²) in [5.41, 5.74) is 0.967. The molecule has 0 saturated heterocycles. The Morgan fingerprint density at radius 2 is 1.86 bits per heavy atom. The lowest BCUT2D eigenvalue weighted by Gasteiger charge is -2.32. The van der Waals surface area contributed by atoms with Gasteiger partial charge in [0.2, 0.25) is 5.91 Å². The Morgan fingerprint density at radius 3 is 2.36 bits per heavy atom. The van der Waals surface area contributed by atoms with Gasteiger partial charge in [-0.2, -0.15) is 0 Å². The highest BCUT2D eigenvalue weighted by Gasteiger charge is 2.32. The highest BCUT2D eigenvalue weighted by atomic mass is 19.1. The molecule has 0 N–H and O–H groups in total. The number of carbonyl (C=O) groups is 1. The van der Waals surface area contributed by atoms with Crippen molar-refractivity contribution in [3.63, 3.8) is 0 Å². The van der Waals surface area contributed by atoms with Crippen LogP contribution >= 0.6 is 0 Å². The van der Waals surface area contributed by atoms with Crippen LogP contribution in [0.5, 0.6) is 0 Å². The van der Waals surface area contributed by atoms with E-state index in [1.54, 1.807) is 12.1 Å². The summed E-state index contributed by atoms with van der Waals surface area (Å²) >= 11 is 0. The van der Waals surface area contributed by atoms with Gasteiger partial charge in [-0.05, 0) is 64.3 Å². The molecule has 1 amide bonds. The van der Waals surface area contributed by atoms with Crippen LogP contribution in [0.15, 0.2) is 24.3 Å². The molecule has 0 aromatic heterocycles. The van der Waals surface area contributed by atoms with Gasteiger partial charge in [-0.1, -0.05) is 12.1 Å². The second-order valence-corrected chi connectivity index (χ2v) is 6.40. The maximum atomic E-state index is 13.0. The van der Waals surface area contributed by atoms with E-state index >= 15 is 0 Å². The molecule has 1 aromatic carbocycles. The van der Waals surface area contributed by atoms with Crippen molar-refractivity contribution in [3.8, 4) is 0 Å². The van der Waals surface area contributed by atoms with E-state index in [2.05, 4.69) is 11.8 Å². The number of amides is 1. The van der Waals surface area contributed by atoms with Gasteiger partial charge in [-0.25, -0.2) is 4.39 Å². The van der Waals surface area contributed by atoms with Crippen LogP contribution < -0.4 is 0 Å². The summed E-state index contributed by atoms with van der Waals surface area (Å²) in [6, 6.07) is 6.84. The Hall–Kier alpha value is -1.42. The smallest absolute Gasteiger partial charge is 0.237 e. The maximum absolute atomic E-state index is 13.0. The van der Waals surface area contributed by atoms with Crippen molar-refractivity contribution in [3.05, 3.63) is 35.6 Å². The number of hydrogen-bond donors (Lipinski definition) is 0. The van der Waals surface area contributed by atoms with Crippen molar-refractivity contribution < 1.29 is 9.18 Å². The van der Waals surface area contributed by atoms with Gasteiger partial charge in [0.25, 0.3) is 0 Å². The van der Waals surface area contributed by atoms with E-state index in [9.17, 15) is 9.18 Å². The van der Waals surface area contributed by atoms with E-state index < -0.39 is 0 Å². The summed E-state index contributed by atoms with van der Waals surface area (Å²) in [6.45, 7) is 7.28. The summed E-state index contributed by atoms with van der Waals surface area (Å²) in [5.74, 6) is 0.639. The number of rotatable bonds is 7. The number of halogens is 1. The van der Waals surface area contributed by atoms with Crippen LogP contribution in [0, 0.1) is 11.7 Å². The lowest BCUT2D eigenvalue weighted by atomic mass is 10.1. The minimum absolute atomic E-state index is 0.0391. The Morgan fingerprint density at radius 1 is 1.27 bits per heavy atom. The van der Waals surface area contributed by atoms with Crippen molar-refractivity contribution in [1.82, 2.24) is 9.80 Å². The van der Waals surface area contributed by atoms with Gasteiger partial charge in [-0.3, -0.25) is 9.69 Å². The Balaban J connectivity index is 1.99. The second-order valence-electron chi connectivity index (χ2n) is 6.40. The summed E-state index contributed by atoms with van der Waals surface area (Å²) in [7, 11) is 2.03. The molecule has 4 heteroatoms. The molecule has 0 aliphatic heterocycles. The van der Waals surface area contributed by atoms with Crippen molar-refractivity contribution in [2.45, 2.75) is 45.7 Å². The van der Waals surface area contributed by atoms with Crippen LogP contribution in [0.25, 0.3) is 0 Å². The van der Waals surface area contributed by atoms with E-state index in [-0.39, 0.29) is 17.8 Å². The largest absolute Gasteiger partial charge is 0.335 e. The minimum Gasteiger partial charge on any atom is -0.335 e. The molecule has 22 heavy (non-hydrogen) atoms. The molecule has 2 atom stereocenters. The minimum atomic E-state index is -0.247. The van der Waals surface area contributed by atoms with E-state index in [1.165, 1.54) is 25.0 Å². The zero-order valence-electron chi connectivity index (χ0n) is 14.1. The van der Waals surface area contributed by atoms with Crippen LogP contribution in [0.4, 0.5) is 4.39 Å². The van der Waals surface area contributed by atoms with E-state index in [0.29, 0.717) is 19.1 Å². The fourth-order valence-corrected chi connectivity index (χ4v) is 2.97. The first-order valence-electron chi connectivity index (χ1n) is 8.19. The SMILES string of the molecule is CCN(C(=O)CN(C)C(C)C1CC1)C(C)c1ccc(F)cc1. The van der Waals surface area contributed by atoms with E-state index in [0.717, 1.165) is 11.5 Å². The predicted octanol–water partition coefficient (Wildman–Crippen LogP) is 3.47. The molecule has 0 spiro atoms. The molecule has 122 valence electrons. The Labute approximate surface area is 133 Å². The molecule has 2 rings (SSSR count). The Bertz CT molecular complexity index is 498. The number of likely N-dealkylation sites (N-methyl/N-ethyl adjacent to an activating group) is 2. The van der Waals surface area contributed by atoms with Crippen LogP contribution in [0.1, 0.15) is 45.2 Å². The highest BCUT2D eigenvalue weighted by Crippen LogP contribution is 2.34. The molecule has 1 aliphatic carbocycles. The molecule has 0 radical (unpaired) electrons. The molecule has 3 nitrogen and oxygen atoms in total. The van der Waals surface area contributed by atoms with Gasteiger partial charge in [0.15, 0.2) is 0 Å². The lowest BCUT2D eigenvalue weighted by Crippen LogP contribution is -2.43. The van der Waals surface area contributed by atoms with Gasteiger partial charge < -0.3 is 4.90 Å². The van der Waals surface area contributed by atoms with Crippen molar-refractivity contribution in [1.29, 1.82) is 0 Å². The van der Waals surface area contributed by atoms with Crippen molar-refractivity contribution in [2.24, 2.45) is 5.92 Å². The second kappa shape index (κ2) is 7.23. The molecule has 1 fully saturated rings. The number of benzene rings is 1. The summed E-state index contributed by atoms with van der Waals surface area (Å²) in [6.07, 6.45) is 2.56. The fourth-order valence-electron chi connectivity index (χ4n) is 2.97. The van der Waals surface area contributed by atoms with E-state index in [4.69, 9.17) is 0 Å². The van der Waals surface area contributed by atoms with Gasteiger partial charge in [0.05, 0.1) is 12.6 Å². The quantitative estimate of drug-likeness (QED) is 0.770. The standard InChI is InChI=1S/C18H27FN2O/c1-5-21(14(3)16-8-10-17(19)11-9-16)18(22)12-20(4)13(2)15-6-7-15/h8-11,13-15H,5-7,12H2,1-4H3. The zero-order valence-corrected chi connectivity index (χ0v) is 14.1. The molecule has 1 saturated carbocycles. The van der Waals surface area contributed by atoms with E-state index in [1.807, 2.05) is 25.8 Å². The molecule has 2 unspecified atom stereocenters. The average Bonchev–Trinajstić information content (AvgIpc) is 3.32. The molecule has 0 heterocycles. The van der Waals surface area contributed by atoms with Crippen LogP contribution in [0.3, 0.4) is 0 Å². The molecule has 1 aliphatic rings. The topological polar surface area (TPSA) is 23.6 Å². The third-order valence-electron chi connectivity index (χ3n) is 4.87. The average molecular weight is 306 g/mol. The van der Waals surface area contributed by atoms with Gasteiger partial charge >= 0.3 is 0 Å². The van der Waals surface area contributed by atoms with Crippen molar-refractivity contribution >= 4 is 5.91 Å². The van der Waals surface area contributed by atoms with Crippen LogP contribution in [-0.2, 0) is 4.79 Å². The normalized spacial score (nSPS) is 17.4. The molecule has 1 aromatic rings. The monoisotopic (exact) mass is 306 g/mol. The number of nitrogens with zero attached hydrogens (tertiary/aromatic N) is 2. The maximum Gasteiger partial charge on any atom is 0.237 e. The zero-order chi connectivity index (χ0) is 16.3. The summed E-state index contributed by atoms with van der Waals surface area (Å²) < 4.78 is 13.0. The molecule has 0 bridgehead atoms. The third-order valence-corrected chi connectivity index (χ3v) is 4.87. The fraction of sp³-hybridized carbons (Fsp3) is 0.611. The van der Waals surface area contributed by atoms with Gasteiger partial charge in [0.1, 0.15) is 5.82 Å². The van der Waals surface area contributed by atoms with Crippen LogP contribution in [-0.4, -0.2) is 41.9 Å². The first-order chi connectivity index (χ1) is 10.4. The number of hydrogen-bond acceptors (Lipinski definition) is 2. The third kappa shape index (κ3) is 4.07. The molecular formula is C18H27FN2O. The number of carbonyl (C=O) groups excluding carboxylic acids is 1. The summed E-state index contributed by atoms with van der Waals surface area (Å²) in [5, 5.41) is 0. The van der Waals surface area contributed by atoms with Gasteiger partial charge in [-0.15, -0.1) is 0 Å². The Kier molecular flexibility index (Phi) is 5.57. The van der Waals surface area contributed by atoms with Crippen LogP contribution in [0.2, 0.25) is 0 Å². The lowest BCUT2D eigenvalue weighted by molar-refractivity contribution is -0.134. The van der Waals surface area contributed by atoms with Crippen molar-refractivity contribution in [2.75, 3.05) is 20.1 Å². The van der Waals surface area contributed by atoms with Gasteiger partial charge in [0, 0.05) is 12.6 Å².